The lowest BCUT2D eigenvalue weighted by Crippen LogP contribution is -1.84. The SMILES string of the molecule is O=Cc1cc(/C=C/c2c3ccccc3cc3ccccc23)ccc1O. The number of benzene rings is 4. The summed E-state index contributed by atoms with van der Waals surface area (Å²) in [6.07, 6.45) is 4.71. The largest absolute Gasteiger partial charge is 0.507 e. The highest BCUT2D eigenvalue weighted by Crippen LogP contribution is 2.30. The molecule has 0 fully saturated rings. The summed E-state index contributed by atoms with van der Waals surface area (Å²) in [7, 11) is 0. The number of aromatic hydroxyl groups is 1. The van der Waals surface area contributed by atoms with Crippen molar-refractivity contribution >= 4 is 40.0 Å². The molecular weight excluding hydrogens is 308 g/mol. The van der Waals surface area contributed by atoms with Crippen molar-refractivity contribution in [1.29, 1.82) is 0 Å². The lowest BCUT2D eigenvalue weighted by Gasteiger charge is -2.08. The fourth-order valence-corrected chi connectivity index (χ4v) is 3.18. The van der Waals surface area contributed by atoms with E-state index in [0.29, 0.717) is 11.8 Å². The van der Waals surface area contributed by atoms with Gasteiger partial charge in [0.2, 0.25) is 0 Å². The molecule has 0 unspecified atom stereocenters. The van der Waals surface area contributed by atoms with Gasteiger partial charge in [-0.05, 0) is 50.9 Å². The van der Waals surface area contributed by atoms with Gasteiger partial charge in [0.05, 0.1) is 5.56 Å². The second kappa shape index (κ2) is 6.25. The molecule has 0 aliphatic heterocycles. The first-order chi connectivity index (χ1) is 12.3. The van der Waals surface area contributed by atoms with Crippen molar-refractivity contribution in [3.8, 4) is 5.75 Å². The van der Waals surface area contributed by atoms with E-state index in [2.05, 4.69) is 36.4 Å². The van der Waals surface area contributed by atoms with Crippen LogP contribution in [-0.4, -0.2) is 11.4 Å². The standard InChI is InChI=1S/C23H16O2/c24-15-19-13-16(10-12-23(19)25)9-11-22-20-7-3-1-5-17(20)14-18-6-2-4-8-21(18)22/h1-15,25H/b11-9+. The van der Waals surface area contributed by atoms with Crippen LogP contribution in [-0.2, 0) is 0 Å². The highest BCUT2D eigenvalue weighted by molar-refractivity contribution is 6.07. The maximum Gasteiger partial charge on any atom is 0.153 e. The van der Waals surface area contributed by atoms with Crippen molar-refractivity contribution in [3.05, 3.63) is 89.5 Å². The summed E-state index contributed by atoms with van der Waals surface area (Å²) in [4.78, 5) is 11.0. The minimum absolute atomic E-state index is 0.00256. The zero-order valence-corrected chi connectivity index (χ0v) is 13.5. The molecule has 0 radical (unpaired) electrons. The van der Waals surface area contributed by atoms with Crippen LogP contribution in [0.4, 0.5) is 0 Å². The first-order valence-electron chi connectivity index (χ1n) is 8.13. The molecule has 4 aromatic rings. The second-order valence-corrected chi connectivity index (χ2v) is 6.00. The second-order valence-electron chi connectivity index (χ2n) is 6.00. The first-order valence-corrected chi connectivity index (χ1v) is 8.13. The van der Waals surface area contributed by atoms with Gasteiger partial charge in [-0.3, -0.25) is 4.79 Å². The Morgan fingerprint density at radius 2 is 1.36 bits per heavy atom. The number of phenols is 1. The molecule has 25 heavy (non-hydrogen) atoms. The number of carbonyl (C=O) groups is 1. The van der Waals surface area contributed by atoms with E-state index in [1.807, 2.05) is 30.3 Å². The Morgan fingerprint density at radius 1 is 0.720 bits per heavy atom. The summed E-state index contributed by atoms with van der Waals surface area (Å²) < 4.78 is 0. The third-order valence-electron chi connectivity index (χ3n) is 4.43. The van der Waals surface area contributed by atoms with Crippen molar-refractivity contribution < 1.29 is 9.90 Å². The third-order valence-corrected chi connectivity index (χ3v) is 4.43. The number of fused-ring (bicyclic) bond motifs is 2. The molecular formula is C23H16O2. The molecule has 0 aliphatic rings. The molecule has 2 heteroatoms. The van der Waals surface area contributed by atoms with Crippen LogP contribution in [0.2, 0.25) is 0 Å². The van der Waals surface area contributed by atoms with Gasteiger partial charge in [0.15, 0.2) is 6.29 Å². The predicted molar refractivity (Wildman–Crippen MR) is 104 cm³/mol. The van der Waals surface area contributed by atoms with Crippen LogP contribution < -0.4 is 0 Å². The summed E-state index contributed by atoms with van der Waals surface area (Å²) in [5.74, 6) is 0.00256. The summed E-state index contributed by atoms with van der Waals surface area (Å²) in [6.45, 7) is 0. The maximum absolute atomic E-state index is 11.0. The molecule has 0 aliphatic carbocycles. The van der Waals surface area contributed by atoms with Crippen LogP contribution >= 0.6 is 0 Å². The van der Waals surface area contributed by atoms with Crippen molar-refractivity contribution in [2.45, 2.75) is 0 Å². The lowest BCUT2D eigenvalue weighted by atomic mass is 9.96. The summed E-state index contributed by atoms with van der Waals surface area (Å²) in [5.41, 5.74) is 2.32. The summed E-state index contributed by atoms with van der Waals surface area (Å²) >= 11 is 0. The average Bonchev–Trinajstić information content (AvgIpc) is 2.66. The van der Waals surface area contributed by atoms with Gasteiger partial charge in [0.25, 0.3) is 0 Å². The van der Waals surface area contributed by atoms with Gasteiger partial charge >= 0.3 is 0 Å². The zero-order valence-electron chi connectivity index (χ0n) is 13.5. The van der Waals surface area contributed by atoms with Crippen LogP contribution in [0.15, 0.2) is 72.8 Å². The van der Waals surface area contributed by atoms with Crippen LogP contribution in [0, 0.1) is 0 Å². The normalized spacial score (nSPS) is 11.4. The lowest BCUT2D eigenvalue weighted by molar-refractivity contribution is 0.112. The Labute approximate surface area is 145 Å². The molecule has 120 valence electrons. The number of phenolic OH excluding ortho intramolecular Hbond substituents is 1. The Bertz CT molecular complexity index is 1070. The van der Waals surface area contributed by atoms with E-state index < -0.39 is 0 Å². The maximum atomic E-state index is 11.0. The van der Waals surface area contributed by atoms with E-state index >= 15 is 0 Å². The number of hydrogen-bond donors (Lipinski definition) is 1. The van der Waals surface area contributed by atoms with Gasteiger partial charge in [0, 0.05) is 0 Å². The number of rotatable bonds is 3. The summed E-state index contributed by atoms with van der Waals surface area (Å²) in [6, 6.07) is 23.9. The van der Waals surface area contributed by atoms with Gasteiger partial charge in [-0.15, -0.1) is 0 Å². The molecule has 0 aromatic heterocycles. The van der Waals surface area contributed by atoms with Crippen molar-refractivity contribution in [3.63, 3.8) is 0 Å². The zero-order chi connectivity index (χ0) is 17.2. The highest BCUT2D eigenvalue weighted by atomic mass is 16.3. The minimum Gasteiger partial charge on any atom is -0.507 e. The van der Waals surface area contributed by atoms with E-state index in [1.54, 1.807) is 18.2 Å². The highest BCUT2D eigenvalue weighted by Gasteiger charge is 2.05. The molecule has 1 N–H and O–H groups in total. The van der Waals surface area contributed by atoms with Gasteiger partial charge in [-0.2, -0.15) is 0 Å². The van der Waals surface area contributed by atoms with Crippen molar-refractivity contribution in [1.82, 2.24) is 0 Å². The molecule has 0 saturated heterocycles. The Kier molecular flexibility index (Phi) is 3.79. The van der Waals surface area contributed by atoms with Gasteiger partial charge in [-0.1, -0.05) is 66.7 Å². The number of carbonyl (C=O) groups excluding carboxylic acids is 1. The molecule has 4 aromatic carbocycles. The van der Waals surface area contributed by atoms with Gasteiger partial charge in [0.1, 0.15) is 5.75 Å². The van der Waals surface area contributed by atoms with E-state index in [1.165, 1.54) is 21.5 Å². The Morgan fingerprint density at radius 3 is 2.00 bits per heavy atom. The molecule has 0 spiro atoms. The smallest absolute Gasteiger partial charge is 0.153 e. The van der Waals surface area contributed by atoms with Crippen LogP contribution in [0.1, 0.15) is 21.5 Å². The Hall–Kier alpha value is -3.39. The quantitative estimate of drug-likeness (QED) is 0.299. The molecule has 0 bridgehead atoms. The van der Waals surface area contributed by atoms with Crippen LogP contribution in [0.5, 0.6) is 5.75 Å². The van der Waals surface area contributed by atoms with E-state index in [0.717, 1.165) is 11.1 Å². The molecule has 0 heterocycles. The molecule has 0 atom stereocenters. The van der Waals surface area contributed by atoms with Gasteiger partial charge in [-0.25, -0.2) is 0 Å². The average molecular weight is 324 g/mol. The van der Waals surface area contributed by atoms with Crippen molar-refractivity contribution in [2.24, 2.45) is 0 Å². The first kappa shape index (κ1) is 15.2. The van der Waals surface area contributed by atoms with Crippen LogP contribution in [0.3, 0.4) is 0 Å². The topological polar surface area (TPSA) is 37.3 Å². The van der Waals surface area contributed by atoms with Crippen LogP contribution in [0.25, 0.3) is 33.7 Å². The minimum atomic E-state index is 0.00256. The van der Waals surface area contributed by atoms with E-state index in [9.17, 15) is 9.90 Å². The third kappa shape index (κ3) is 2.79. The molecule has 2 nitrogen and oxygen atoms in total. The van der Waals surface area contributed by atoms with E-state index in [-0.39, 0.29) is 5.75 Å². The molecule has 4 rings (SSSR count). The predicted octanol–water partition coefficient (Wildman–Crippen LogP) is 5.68. The fraction of sp³-hybridized carbons (Fsp3) is 0. The van der Waals surface area contributed by atoms with Crippen molar-refractivity contribution in [2.75, 3.05) is 0 Å². The summed E-state index contributed by atoms with van der Waals surface area (Å²) in [5, 5.41) is 14.4. The molecule has 0 amide bonds. The van der Waals surface area contributed by atoms with Gasteiger partial charge < -0.3 is 5.11 Å². The molecule has 0 saturated carbocycles. The number of aldehydes is 1. The fourth-order valence-electron chi connectivity index (χ4n) is 3.18. The monoisotopic (exact) mass is 324 g/mol. The van der Waals surface area contributed by atoms with E-state index in [4.69, 9.17) is 0 Å². The Balaban J connectivity index is 1.91. The number of hydrogen-bond acceptors (Lipinski definition) is 2.